The standard InChI is InChI=1S/C38H44N4O5S/c1-26-34(25-48-38-40-21-8-22-41-38)46-37(47-36(26)30-14-12-28(24-43)13-15-30)31-18-16-29(17-19-31)33-10-6-5-9-32(33)23-42-35(45)11-4-3-7-20-39-27(2)44/h5-6,8-10,12-19,21-22,26,34,36-37,43H,3-4,7,11,20,23-25H2,1-2H3,(H,39,44)(H,42,45). The van der Waals surface area contributed by atoms with Gasteiger partial charge in [0.2, 0.25) is 11.8 Å². The first-order valence-corrected chi connectivity index (χ1v) is 17.5. The molecule has 5 rings (SSSR count). The molecule has 4 unspecified atom stereocenters. The molecule has 0 spiro atoms. The van der Waals surface area contributed by atoms with E-state index in [4.69, 9.17) is 9.47 Å². The van der Waals surface area contributed by atoms with E-state index in [0.717, 1.165) is 52.6 Å². The highest BCUT2D eigenvalue weighted by atomic mass is 32.2. The third kappa shape index (κ3) is 9.96. The van der Waals surface area contributed by atoms with Crippen molar-refractivity contribution < 1.29 is 24.2 Å². The molecule has 252 valence electrons. The summed E-state index contributed by atoms with van der Waals surface area (Å²) in [5.74, 6) is 0.722. The summed E-state index contributed by atoms with van der Waals surface area (Å²) in [5.41, 5.74) is 5.94. The van der Waals surface area contributed by atoms with Gasteiger partial charge in [0.15, 0.2) is 11.4 Å². The average Bonchev–Trinajstić information content (AvgIpc) is 3.12. The number of aromatic nitrogens is 2. The first-order chi connectivity index (χ1) is 23.4. The van der Waals surface area contributed by atoms with E-state index in [0.29, 0.717) is 30.4 Å². The molecule has 3 aromatic carbocycles. The summed E-state index contributed by atoms with van der Waals surface area (Å²) >= 11 is 1.57. The highest BCUT2D eigenvalue weighted by Gasteiger charge is 2.38. The fraction of sp³-hybridized carbons (Fsp3) is 0.368. The second-order valence-corrected chi connectivity index (χ2v) is 13.0. The van der Waals surface area contributed by atoms with Gasteiger partial charge in [0.05, 0.1) is 18.8 Å². The Morgan fingerprint density at radius 2 is 1.58 bits per heavy atom. The number of carbonyl (C=O) groups excluding carboxylic acids is 2. The summed E-state index contributed by atoms with van der Waals surface area (Å²) in [6.07, 6.45) is 5.57. The molecule has 10 heteroatoms. The second kappa shape index (κ2) is 17.9. The summed E-state index contributed by atoms with van der Waals surface area (Å²) in [6, 6.07) is 26.0. The zero-order chi connectivity index (χ0) is 33.7. The molecule has 0 aliphatic carbocycles. The third-order valence-electron chi connectivity index (χ3n) is 8.48. The van der Waals surface area contributed by atoms with Gasteiger partial charge in [-0.25, -0.2) is 9.97 Å². The summed E-state index contributed by atoms with van der Waals surface area (Å²) in [4.78, 5) is 32.3. The highest BCUT2D eigenvalue weighted by Crippen LogP contribution is 2.43. The van der Waals surface area contributed by atoms with Gasteiger partial charge in [0.25, 0.3) is 0 Å². The maximum Gasteiger partial charge on any atom is 0.220 e. The van der Waals surface area contributed by atoms with Crippen LogP contribution < -0.4 is 10.6 Å². The van der Waals surface area contributed by atoms with E-state index in [1.54, 1.807) is 30.2 Å². The third-order valence-corrected chi connectivity index (χ3v) is 9.45. The quantitative estimate of drug-likeness (QED) is 0.0743. The number of carbonyl (C=O) groups is 2. The predicted molar refractivity (Wildman–Crippen MR) is 187 cm³/mol. The van der Waals surface area contributed by atoms with Crippen molar-refractivity contribution in [3.63, 3.8) is 0 Å². The topological polar surface area (TPSA) is 123 Å². The molecule has 0 bridgehead atoms. The van der Waals surface area contributed by atoms with Gasteiger partial charge in [-0.2, -0.15) is 0 Å². The number of benzene rings is 3. The maximum atomic E-state index is 12.5. The van der Waals surface area contributed by atoms with Gasteiger partial charge in [-0.3, -0.25) is 9.59 Å². The molecular weight excluding hydrogens is 625 g/mol. The van der Waals surface area contributed by atoms with Crippen molar-refractivity contribution in [2.45, 2.75) is 76.3 Å². The van der Waals surface area contributed by atoms with Crippen molar-refractivity contribution >= 4 is 23.6 Å². The number of aliphatic hydroxyl groups excluding tert-OH is 1. The number of thioether (sulfide) groups is 1. The second-order valence-electron chi connectivity index (χ2n) is 12.0. The molecule has 1 aliphatic rings. The van der Waals surface area contributed by atoms with E-state index < -0.39 is 6.29 Å². The fourth-order valence-electron chi connectivity index (χ4n) is 5.74. The molecule has 2 heterocycles. The molecule has 48 heavy (non-hydrogen) atoms. The van der Waals surface area contributed by atoms with Crippen LogP contribution in [0.25, 0.3) is 11.1 Å². The minimum Gasteiger partial charge on any atom is -0.392 e. The number of aliphatic hydroxyl groups is 1. The number of nitrogens with zero attached hydrogens (tertiary/aromatic N) is 2. The molecular formula is C38H44N4O5S. The van der Waals surface area contributed by atoms with Gasteiger partial charge in [-0.1, -0.05) is 97.9 Å². The van der Waals surface area contributed by atoms with Crippen molar-refractivity contribution in [3.05, 3.63) is 114 Å². The Balaban J connectivity index is 1.25. The molecule has 0 radical (unpaired) electrons. The van der Waals surface area contributed by atoms with Crippen LogP contribution in [0.5, 0.6) is 0 Å². The Labute approximate surface area is 286 Å². The van der Waals surface area contributed by atoms with Gasteiger partial charge in [-0.15, -0.1) is 0 Å². The van der Waals surface area contributed by atoms with Crippen molar-refractivity contribution in [1.29, 1.82) is 0 Å². The number of ether oxygens (including phenoxy) is 2. The largest absolute Gasteiger partial charge is 0.392 e. The zero-order valence-corrected chi connectivity index (χ0v) is 28.3. The van der Waals surface area contributed by atoms with Crippen LogP contribution in [0.2, 0.25) is 0 Å². The summed E-state index contributed by atoms with van der Waals surface area (Å²) < 4.78 is 13.2. The fourth-order valence-corrected chi connectivity index (χ4v) is 6.70. The van der Waals surface area contributed by atoms with E-state index in [1.807, 2.05) is 54.6 Å². The minimum absolute atomic E-state index is 0.00654. The monoisotopic (exact) mass is 668 g/mol. The van der Waals surface area contributed by atoms with Gasteiger partial charge < -0.3 is 25.2 Å². The molecule has 1 saturated heterocycles. The number of hydrogen-bond donors (Lipinski definition) is 3. The lowest BCUT2D eigenvalue weighted by Crippen LogP contribution is -2.38. The van der Waals surface area contributed by atoms with E-state index in [-0.39, 0.29) is 36.5 Å². The van der Waals surface area contributed by atoms with Crippen LogP contribution in [0, 0.1) is 5.92 Å². The maximum absolute atomic E-state index is 12.5. The molecule has 4 atom stereocenters. The molecule has 3 N–H and O–H groups in total. The Hall–Kier alpha value is -4.09. The number of amides is 2. The van der Waals surface area contributed by atoms with E-state index >= 15 is 0 Å². The number of unbranched alkanes of at least 4 members (excludes halogenated alkanes) is 2. The average molecular weight is 669 g/mol. The molecule has 4 aromatic rings. The Bertz CT molecular complexity index is 1600. The zero-order valence-electron chi connectivity index (χ0n) is 27.5. The molecule has 1 aromatic heterocycles. The number of rotatable bonds is 15. The van der Waals surface area contributed by atoms with Crippen LogP contribution >= 0.6 is 11.8 Å². The SMILES string of the molecule is CC(=O)NCCCCCC(=O)NCc1ccccc1-c1ccc(C2OC(CSc3ncccn3)C(C)C(c3ccc(CO)cc3)O2)cc1. The lowest BCUT2D eigenvalue weighted by molar-refractivity contribution is -0.268. The van der Waals surface area contributed by atoms with Crippen molar-refractivity contribution in [2.75, 3.05) is 12.3 Å². The molecule has 1 aliphatic heterocycles. The lowest BCUT2D eigenvalue weighted by atomic mass is 9.91. The van der Waals surface area contributed by atoms with E-state index in [1.165, 1.54) is 6.92 Å². The Morgan fingerprint density at radius 1 is 0.854 bits per heavy atom. The van der Waals surface area contributed by atoms with Gasteiger partial charge in [0, 0.05) is 56.1 Å². The predicted octanol–water partition coefficient (Wildman–Crippen LogP) is 6.53. The minimum atomic E-state index is -0.576. The first-order valence-electron chi connectivity index (χ1n) is 16.5. The lowest BCUT2D eigenvalue weighted by Gasteiger charge is -2.41. The van der Waals surface area contributed by atoms with Crippen LogP contribution in [0.15, 0.2) is 96.4 Å². The van der Waals surface area contributed by atoms with Crippen molar-refractivity contribution in [2.24, 2.45) is 5.92 Å². The Kier molecular flexibility index (Phi) is 13.1. The summed E-state index contributed by atoms with van der Waals surface area (Å²) in [7, 11) is 0. The molecule has 1 fully saturated rings. The normalized spacial score (nSPS) is 19.1. The van der Waals surface area contributed by atoms with Gasteiger partial charge >= 0.3 is 0 Å². The van der Waals surface area contributed by atoms with Crippen LogP contribution in [-0.4, -0.2) is 45.3 Å². The van der Waals surface area contributed by atoms with E-state index in [9.17, 15) is 14.7 Å². The molecule has 9 nitrogen and oxygen atoms in total. The van der Waals surface area contributed by atoms with Crippen molar-refractivity contribution in [1.82, 2.24) is 20.6 Å². The number of nitrogens with one attached hydrogen (secondary N) is 2. The van der Waals surface area contributed by atoms with Crippen LogP contribution in [0.3, 0.4) is 0 Å². The van der Waals surface area contributed by atoms with E-state index in [2.05, 4.69) is 45.7 Å². The molecule has 2 amide bonds. The molecule has 0 saturated carbocycles. The van der Waals surface area contributed by atoms with Crippen LogP contribution in [0.4, 0.5) is 0 Å². The Morgan fingerprint density at radius 3 is 2.31 bits per heavy atom. The summed E-state index contributed by atoms with van der Waals surface area (Å²) in [5, 5.41) is 16.1. The van der Waals surface area contributed by atoms with Crippen LogP contribution in [-0.2, 0) is 32.2 Å². The van der Waals surface area contributed by atoms with Gasteiger partial charge in [-0.05, 0) is 46.7 Å². The summed E-state index contributed by atoms with van der Waals surface area (Å²) in [6.45, 7) is 4.73. The van der Waals surface area contributed by atoms with Gasteiger partial charge in [0.1, 0.15) is 0 Å². The van der Waals surface area contributed by atoms with Crippen LogP contribution in [0.1, 0.15) is 74.2 Å². The number of hydrogen-bond acceptors (Lipinski definition) is 8. The highest BCUT2D eigenvalue weighted by molar-refractivity contribution is 7.99. The smallest absolute Gasteiger partial charge is 0.220 e. The first kappa shape index (κ1) is 35.2. The van der Waals surface area contributed by atoms with Crippen molar-refractivity contribution in [3.8, 4) is 11.1 Å².